The van der Waals surface area contributed by atoms with Gasteiger partial charge in [0.2, 0.25) is 0 Å². The molecule has 0 saturated carbocycles. The second kappa shape index (κ2) is 4.99. The first-order valence-electron chi connectivity index (χ1n) is 5.08. The predicted octanol–water partition coefficient (Wildman–Crippen LogP) is 2.12. The zero-order valence-corrected chi connectivity index (χ0v) is 9.78. The molecule has 2 heterocycles. The van der Waals surface area contributed by atoms with Gasteiger partial charge in [0.15, 0.2) is 0 Å². The van der Waals surface area contributed by atoms with Gasteiger partial charge >= 0.3 is 0 Å². The van der Waals surface area contributed by atoms with Crippen molar-refractivity contribution >= 4 is 17.4 Å². The number of nitrogens with zero attached hydrogens (tertiary/aromatic N) is 3. The molecule has 5 heteroatoms. The molecular formula is C11H13ClN4. The van der Waals surface area contributed by atoms with Crippen molar-refractivity contribution in [3.05, 3.63) is 41.3 Å². The van der Waals surface area contributed by atoms with Gasteiger partial charge in [-0.1, -0.05) is 11.6 Å². The highest BCUT2D eigenvalue weighted by Gasteiger charge is 2.00. The maximum Gasteiger partial charge on any atom is 0.144 e. The van der Waals surface area contributed by atoms with Crippen molar-refractivity contribution in [1.82, 2.24) is 14.8 Å². The van der Waals surface area contributed by atoms with Crippen LogP contribution in [-0.2, 0) is 13.5 Å². The zero-order valence-electron chi connectivity index (χ0n) is 9.02. The van der Waals surface area contributed by atoms with E-state index in [1.807, 2.05) is 31.4 Å². The molecule has 0 unspecified atom stereocenters. The van der Waals surface area contributed by atoms with Gasteiger partial charge in [-0.05, 0) is 18.2 Å². The van der Waals surface area contributed by atoms with Crippen molar-refractivity contribution in [3.8, 4) is 0 Å². The lowest BCUT2D eigenvalue weighted by Gasteiger charge is -2.05. The molecule has 4 nitrogen and oxygen atoms in total. The van der Waals surface area contributed by atoms with Crippen LogP contribution in [-0.4, -0.2) is 21.3 Å². The van der Waals surface area contributed by atoms with Crippen LogP contribution in [0.2, 0.25) is 5.02 Å². The van der Waals surface area contributed by atoms with Gasteiger partial charge in [-0.2, -0.15) is 5.10 Å². The number of rotatable bonds is 4. The van der Waals surface area contributed by atoms with Crippen LogP contribution in [0.15, 0.2) is 30.6 Å². The molecule has 2 aromatic heterocycles. The fraction of sp³-hybridized carbons (Fsp3) is 0.273. The van der Waals surface area contributed by atoms with E-state index in [-0.39, 0.29) is 0 Å². The van der Waals surface area contributed by atoms with Crippen molar-refractivity contribution in [1.29, 1.82) is 0 Å². The summed E-state index contributed by atoms with van der Waals surface area (Å²) in [4.78, 5) is 4.15. The summed E-state index contributed by atoms with van der Waals surface area (Å²) in [6.45, 7) is 0.772. The van der Waals surface area contributed by atoms with E-state index < -0.39 is 0 Å². The van der Waals surface area contributed by atoms with Gasteiger partial charge in [0.25, 0.3) is 0 Å². The maximum absolute atomic E-state index is 5.97. The van der Waals surface area contributed by atoms with Crippen molar-refractivity contribution in [2.75, 3.05) is 11.9 Å². The Hall–Kier alpha value is -1.55. The summed E-state index contributed by atoms with van der Waals surface area (Å²) in [7, 11) is 1.91. The molecule has 0 amide bonds. The highest BCUT2D eigenvalue weighted by atomic mass is 35.5. The minimum atomic E-state index is 0.642. The largest absolute Gasteiger partial charge is 0.368 e. The lowest BCUT2D eigenvalue weighted by Crippen LogP contribution is -2.07. The Morgan fingerprint density at radius 2 is 2.31 bits per heavy atom. The lowest BCUT2D eigenvalue weighted by molar-refractivity contribution is 0.742. The van der Waals surface area contributed by atoms with Gasteiger partial charge in [-0.15, -0.1) is 0 Å². The first-order chi connectivity index (χ1) is 7.75. The van der Waals surface area contributed by atoms with Crippen molar-refractivity contribution in [3.63, 3.8) is 0 Å². The first-order valence-corrected chi connectivity index (χ1v) is 5.46. The minimum absolute atomic E-state index is 0.642. The van der Waals surface area contributed by atoms with E-state index in [2.05, 4.69) is 15.4 Å². The van der Waals surface area contributed by atoms with Crippen LogP contribution < -0.4 is 5.32 Å². The summed E-state index contributed by atoms with van der Waals surface area (Å²) in [5, 5.41) is 8.11. The standard InChI is InChI=1S/C11H13ClN4/c1-16-8-5-9(15-16)4-7-14-11-10(12)3-2-6-13-11/h2-3,5-6,8H,4,7H2,1H3,(H,13,14). The van der Waals surface area contributed by atoms with Crippen molar-refractivity contribution in [2.45, 2.75) is 6.42 Å². The van der Waals surface area contributed by atoms with Crippen LogP contribution in [0.4, 0.5) is 5.82 Å². The third-order valence-electron chi connectivity index (χ3n) is 2.20. The third-order valence-corrected chi connectivity index (χ3v) is 2.51. The van der Waals surface area contributed by atoms with Crippen LogP contribution in [0.5, 0.6) is 0 Å². The van der Waals surface area contributed by atoms with Crippen LogP contribution in [0.25, 0.3) is 0 Å². The van der Waals surface area contributed by atoms with Gasteiger partial charge < -0.3 is 5.32 Å². The quantitative estimate of drug-likeness (QED) is 0.884. The smallest absolute Gasteiger partial charge is 0.144 e. The van der Waals surface area contributed by atoms with E-state index in [4.69, 9.17) is 11.6 Å². The molecule has 0 radical (unpaired) electrons. The molecule has 0 atom stereocenters. The second-order valence-corrected chi connectivity index (χ2v) is 3.90. The Kier molecular flexibility index (Phi) is 3.41. The SMILES string of the molecule is Cn1ccc(CCNc2ncccc2Cl)n1. The van der Waals surface area contributed by atoms with Crippen molar-refractivity contribution in [2.24, 2.45) is 7.05 Å². The van der Waals surface area contributed by atoms with Crippen LogP contribution in [0.1, 0.15) is 5.69 Å². The number of aryl methyl sites for hydroxylation is 1. The average molecular weight is 237 g/mol. The van der Waals surface area contributed by atoms with Gasteiger partial charge in [0.1, 0.15) is 5.82 Å². The highest BCUT2D eigenvalue weighted by molar-refractivity contribution is 6.32. The van der Waals surface area contributed by atoms with E-state index in [0.29, 0.717) is 5.02 Å². The number of hydrogen-bond acceptors (Lipinski definition) is 3. The molecule has 2 aromatic rings. The number of hydrogen-bond donors (Lipinski definition) is 1. The molecule has 84 valence electrons. The fourth-order valence-corrected chi connectivity index (χ4v) is 1.61. The molecule has 0 aliphatic heterocycles. The Labute approximate surface area is 99.3 Å². The van der Waals surface area contributed by atoms with Gasteiger partial charge in [-0.25, -0.2) is 4.98 Å². The van der Waals surface area contributed by atoms with E-state index in [0.717, 1.165) is 24.5 Å². The summed E-state index contributed by atoms with van der Waals surface area (Å²) >= 11 is 5.97. The molecule has 16 heavy (non-hydrogen) atoms. The molecule has 0 bridgehead atoms. The normalized spacial score (nSPS) is 10.4. The van der Waals surface area contributed by atoms with Crippen LogP contribution in [0.3, 0.4) is 0 Å². The van der Waals surface area contributed by atoms with E-state index >= 15 is 0 Å². The topological polar surface area (TPSA) is 42.7 Å². The molecule has 0 saturated heterocycles. The Bertz CT molecular complexity index is 467. The second-order valence-electron chi connectivity index (χ2n) is 3.49. The van der Waals surface area contributed by atoms with Gasteiger partial charge in [0, 0.05) is 32.4 Å². The molecule has 0 spiro atoms. The number of halogens is 1. The Morgan fingerprint density at radius 1 is 1.44 bits per heavy atom. The van der Waals surface area contributed by atoms with Crippen LogP contribution in [0, 0.1) is 0 Å². The Balaban J connectivity index is 1.87. The molecule has 2 rings (SSSR count). The summed E-state index contributed by atoms with van der Waals surface area (Å²) < 4.78 is 1.79. The minimum Gasteiger partial charge on any atom is -0.368 e. The molecule has 1 N–H and O–H groups in total. The monoisotopic (exact) mass is 236 g/mol. The molecular weight excluding hydrogens is 224 g/mol. The summed E-state index contributed by atoms with van der Waals surface area (Å²) in [5.41, 5.74) is 1.06. The molecule has 0 fully saturated rings. The molecule has 0 aliphatic rings. The summed E-state index contributed by atoms with van der Waals surface area (Å²) in [6, 6.07) is 5.63. The van der Waals surface area contributed by atoms with Crippen LogP contribution >= 0.6 is 11.6 Å². The average Bonchev–Trinajstić information content (AvgIpc) is 2.67. The van der Waals surface area contributed by atoms with E-state index in [1.165, 1.54) is 0 Å². The molecule has 0 aliphatic carbocycles. The number of pyridine rings is 1. The van der Waals surface area contributed by atoms with E-state index in [9.17, 15) is 0 Å². The zero-order chi connectivity index (χ0) is 11.4. The van der Waals surface area contributed by atoms with E-state index in [1.54, 1.807) is 10.9 Å². The van der Waals surface area contributed by atoms with Crippen molar-refractivity contribution < 1.29 is 0 Å². The predicted molar refractivity (Wildman–Crippen MR) is 64.6 cm³/mol. The maximum atomic E-state index is 5.97. The van der Waals surface area contributed by atoms with Gasteiger partial charge in [0.05, 0.1) is 10.7 Å². The Morgan fingerprint density at radius 3 is 3.00 bits per heavy atom. The first kappa shape index (κ1) is 11.0. The third kappa shape index (κ3) is 2.73. The summed E-state index contributed by atoms with van der Waals surface area (Å²) in [6.07, 6.45) is 4.51. The lowest BCUT2D eigenvalue weighted by atomic mass is 10.3. The fourth-order valence-electron chi connectivity index (χ4n) is 1.42. The molecule has 0 aromatic carbocycles. The number of nitrogens with one attached hydrogen (secondary N) is 1. The summed E-state index contributed by atoms with van der Waals surface area (Å²) in [5.74, 6) is 0.722. The number of aromatic nitrogens is 3. The highest BCUT2D eigenvalue weighted by Crippen LogP contribution is 2.16. The van der Waals surface area contributed by atoms with Gasteiger partial charge in [-0.3, -0.25) is 4.68 Å². The number of anilines is 1.